The number of piperidine rings is 1. The lowest BCUT2D eigenvalue weighted by Crippen LogP contribution is -2.45. The minimum absolute atomic E-state index is 0.0592. The molecule has 9 nitrogen and oxygen atoms in total. The fourth-order valence-electron chi connectivity index (χ4n) is 4.73. The average Bonchev–Trinajstić information content (AvgIpc) is 3.33. The number of fused-ring (bicyclic) bond motifs is 2. The highest BCUT2D eigenvalue weighted by Crippen LogP contribution is 2.43. The second kappa shape index (κ2) is 9.14. The predicted octanol–water partition coefficient (Wildman–Crippen LogP) is 4.38. The van der Waals surface area contributed by atoms with E-state index in [2.05, 4.69) is 15.5 Å². The monoisotopic (exact) mass is 485 g/mol. The average molecular weight is 486 g/mol. The summed E-state index contributed by atoms with van der Waals surface area (Å²) in [6.07, 6.45) is 3.00. The molecular formula is C24H31N5O4S. The summed E-state index contributed by atoms with van der Waals surface area (Å²) in [4.78, 5) is 32.8. The predicted molar refractivity (Wildman–Crippen MR) is 126 cm³/mol. The first-order valence-corrected chi connectivity index (χ1v) is 12.7. The van der Waals surface area contributed by atoms with E-state index in [1.54, 1.807) is 16.4 Å². The van der Waals surface area contributed by atoms with E-state index in [0.717, 1.165) is 41.3 Å². The van der Waals surface area contributed by atoms with Crippen LogP contribution in [-0.2, 0) is 16.2 Å². The van der Waals surface area contributed by atoms with E-state index in [9.17, 15) is 9.59 Å². The quantitative estimate of drug-likeness (QED) is 0.652. The molecule has 1 N–H and O–H groups in total. The molecule has 10 heteroatoms. The zero-order chi connectivity index (χ0) is 23.9. The highest BCUT2D eigenvalue weighted by atomic mass is 32.1. The molecule has 2 saturated heterocycles. The number of hydrogen-bond acceptors (Lipinski definition) is 7. The second-order valence-electron chi connectivity index (χ2n) is 10.3. The van der Waals surface area contributed by atoms with E-state index in [-0.39, 0.29) is 36.2 Å². The van der Waals surface area contributed by atoms with Crippen LogP contribution in [0.2, 0.25) is 0 Å². The van der Waals surface area contributed by atoms with Crippen LogP contribution in [0.1, 0.15) is 74.0 Å². The summed E-state index contributed by atoms with van der Waals surface area (Å²) in [7, 11) is 0. The standard InChI is InChI=1S/C24H31N5O4S/c1-24(2,3)33-22(30)25-17-11-16(12-17)20-26-27-21(34-20)19-10-9-18-13-28(19)23(31)29(18)32-14-15-7-5-4-6-8-15/h4-8,16-19H,9-14H2,1-3H3,(H,25,30)/t16?,17?,18-,19-/m0/s1. The van der Waals surface area contributed by atoms with Crippen LogP contribution in [0, 0.1) is 0 Å². The fraction of sp³-hybridized carbons (Fsp3) is 0.583. The van der Waals surface area contributed by atoms with Crippen LogP contribution in [0.4, 0.5) is 9.59 Å². The lowest BCUT2D eigenvalue weighted by Gasteiger charge is -2.34. The molecule has 3 aliphatic rings. The van der Waals surface area contributed by atoms with Gasteiger partial charge in [-0.2, -0.15) is 5.06 Å². The van der Waals surface area contributed by atoms with E-state index >= 15 is 0 Å². The van der Waals surface area contributed by atoms with Gasteiger partial charge >= 0.3 is 12.1 Å². The molecule has 1 aromatic carbocycles. The van der Waals surface area contributed by atoms with Crippen LogP contribution in [0.25, 0.3) is 0 Å². The van der Waals surface area contributed by atoms with Crippen LogP contribution >= 0.6 is 11.3 Å². The number of aromatic nitrogens is 2. The number of nitrogens with one attached hydrogen (secondary N) is 1. The first-order valence-electron chi connectivity index (χ1n) is 11.9. The summed E-state index contributed by atoms with van der Waals surface area (Å²) in [5.41, 5.74) is 0.534. The smallest absolute Gasteiger partial charge is 0.407 e. The van der Waals surface area contributed by atoms with E-state index in [1.807, 2.05) is 56.0 Å². The highest BCUT2D eigenvalue weighted by Gasteiger charge is 2.47. The molecule has 3 fully saturated rings. The van der Waals surface area contributed by atoms with Crippen LogP contribution in [-0.4, -0.2) is 56.5 Å². The van der Waals surface area contributed by atoms with Crippen LogP contribution < -0.4 is 5.32 Å². The van der Waals surface area contributed by atoms with E-state index in [0.29, 0.717) is 13.2 Å². The van der Waals surface area contributed by atoms with Gasteiger partial charge in [-0.25, -0.2) is 9.59 Å². The van der Waals surface area contributed by atoms with Crippen molar-refractivity contribution in [3.8, 4) is 0 Å². The van der Waals surface area contributed by atoms with E-state index < -0.39 is 5.60 Å². The van der Waals surface area contributed by atoms with Crippen molar-refractivity contribution in [1.29, 1.82) is 0 Å². The Bertz CT molecular complexity index is 1030. The Morgan fingerprint density at radius 2 is 1.88 bits per heavy atom. The number of benzene rings is 1. The molecule has 2 aliphatic heterocycles. The zero-order valence-electron chi connectivity index (χ0n) is 19.8. The molecule has 0 radical (unpaired) electrons. The normalized spacial score (nSPS) is 26.4. The maximum Gasteiger partial charge on any atom is 0.407 e. The van der Waals surface area contributed by atoms with Crippen molar-refractivity contribution in [1.82, 2.24) is 25.5 Å². The summed E-state index contributed by atoms with van der Waals surface area (Å²) in [6.45, 7) is 6.59. The molecule has 2 aromatic rings. The van der Waals surface area contributed by atoms with Crippen molar-refractivity contribution >= 4 is 23.5 Å². The third-order valence-corrected chi connectivity index (χ3v) is 7.67. The lowest BCUT2D eigenvalue weighted by molar-refractivity contribution is -0.140. The number of urea groups is 1. The maximum absolute atomic E-state index is 13.1. The van der Waals surface area contributed by atoms with Crippen molar-refractivity contribution in [3.05, 3.63) is 45.9 Å². The summed E-state index contributed by atoms with van der Waals surface area (Å²) in [6, 6.07) is 9.90. The van der Waals surface area contributed by atoms with Gasteiger partial charge in [0.2, 0.25) is 0 Å². The molecule has 2 bridgehead atoms. The molecule has 2 atom stereocenters. The molecule has 3 heterocycles. The Balaban J connectivity index is 1.15. The highest BCUT2D eigenvalue weighted by molar-refractivity contribution is 7.11. The first kappa shape index (κ1) is 23.0. The van der Waals surface area contributed by atoms with Gasteiger partial charge in [0.25, 0.3) is 0 Å². The van der Waals surface area contributed by atoms with E-state index in [4.69, 9.17) is 9.57 Å². The van der Waals surface area contributed by atoms with Gasteiger partial charge < -0.3 is 15.0 Å². The molecule has 182 valence electrons. The number of hydrogen-bond donors (Lipinski definition) is 1. The van der Waals surface area contributed by atoms with Crippen molar-refractivity contribution in [2.75, 3.05) is 6.54 Å². The van der Waals surface area contributed by atoms with Gasteiger partial charge in [-0.1, -0.05) is 41.7 Å². The Morgan fingerprint density at radius 3 is 2.62 bits per heavy atom. The Labute approximate surface area is 203 Å². The van der Waals surface area contributed by atoms with Crippen molar-refractivity contribution in [2.24, 2.45) is 0 Å². The number of rotatable bonds is 6. The van der Waals surface area contributed by atoms with Crippen LogP contribution in [0.15, 0.2) is 30.3 Å². The third kappa shape index (κ3) is 4.88. The van der Waals surface area contributed by atoms with Gasteiger partial charge in [-0.15, -0.1) is 10.2 Å². The SMILES string of the molecule is CC(C)(C)OC(=O)NC1CC(c2nnc([C@@H]3CC[C@H]4CN3C(=O)N4OCc3ccccc3)s2)C1. The number of alkyl carbamates (subject to hydrolysis) is 1. The summed E-state index contributed by atoms with van der Waals surface area (Å²) in [5, 5.41) is 15.2. The Kier molecular flexibility index (Phi) is 6.20. The number of carbonyl (C=O) groups excluding carboxylic acids is 2. The molecular weight excluding hydrogens is 454 g/mol. The minimum Gasteiger partial charge on any atom is -0.444 e. The van der Waals surface area contributed by atoms with Gasteiger partial charge in [0.15, 0.2) is 0 Å². The Morgan fingerprint density at radius 1 is 1.15 bits per heavy atom. The molecule has 3 amide bonds. The number of carbonyl (C=O) groups is 2. The number of nitrogens with zero attached hydrogens (tertiary/aromatic N) is 4. The number of ether oxygens (including phenoxy) is 1. The first-order chi connectivity index (χ1) is 16.3. The van der Waals surface area contributed by atoms with Gasteiger partial charge in [-0.3, -0.25) is 4.84 Å². The molecule has 1 saturated carbocycles. The molecule has 1 aliphatic carbocycles. The van der Waals surface area contributed by atoms with Crippen LogP contribution in [0.3, 0.4) is 0 Å². The molecule has 5 rings (SSSR count). The summed E-state index contributed by atoms with van der Waals surface area (Å²) < 4.78 is 5.33. The summed E-state index contributed by atoms with van der Waals surface area (Å²) in [5.74, 6) is 0.280. The van der Waals surface area contributed by atoms with Crippen LogP contribution in [0.5, 0.6) is 0 Å². The number of hydroxylamine groups is 2. The minimum atomic E-state index is -0.504. The van der Waals surface area contributed by atoms with Gasteiger partial charge in [0.05, 0.1) is 12.1 Å². The largest absolute Gasteiger partial charge is 0.444 e. The van der Waals surface area contributed by atoms with Gasteiger partial charge in [-0.05, 0) is 52.0 Å². The van der Waals surface area contributed by atoms with E-state index in [1.165, 1.54) is 0 Å². The van der Waals surface area contributed by atoms with Gasteiger partial charge in [0.1, 0.15) is 22.2 Å². The fourth-order valence-corrected chi connectivity index (χ4v) is 5.85. The van der Waals surface area contributed by atoms with Gasteiger partial charge in [0, 0.05) is 18.5 Å². The third-order valence-electron chi connectivity index (χ3n) is 6.49. The lowest BCUT2D eigenvalue weighted by atomic mass is 9.81. The van der Waals surface area contributed by atoms with Crippen molar-refractivity contribution in [2.45, 2.75) is 82.7 Å². The Hall–Kier alpha value is -2.72. The molecule has 0 spiro atoms. The topological polar surface area (TPSA) is 96.9 Å². The number of amides is 3. The second-order valence-corrected chi connectivity index (χ2v) is 11.3. The maximum atomic E-state index is 13.1. The van der Waals surface area contributed by atoms with Crippen molar-refractivity contribution in [3.63, 3.8) is 0 Å². The molecule has 1 aromatic heterocycles. The molecule has 34 heavy (non-hydrogen) atoms. The zero-order valence-corrected chi connectivity index (χ0v) is 20.6. The molecule has 0 unspecified atom stereocenters. The van der Waals surface area contributed by atoms with Crippen molar-refractivity contribution < 1.29 is 19.2 Å². The summed E-state index contributed by atoms with van der Waals surface area (Å²) >= 11 is 1.59.